The molecular weight excluding hydrogens is 190 g/mol. The zero-order valence-corrected chi connectivity index (χ0v) is 9.96. The minimum absolute atomic E-state index is 0.0378. The van der Waals surface area contributed by atoms with Crippen molar-refractivity contribution in [2.24, 2.45) is 5.73 Å². The zero-order chi connectivity index (χ0) is 11.0. The minimum Gasteiger partial charge on any atom is -0.382 e. The molecule has 0 aromatic carbocycles. The van der Waals surface area contributed by atoms with Crippen molar-refractivity contribution in [1.82, 2.24) is 0 Å². The summed E-state index contributed by atoms with van der Waals surface area (Å²) in [5.74, 6) is 0. The van der Waals surface area contributed by atoms with Gasteiger partial charge in [-0.25, -0.2) is 0 Å². The van der Waals surface area contributed by atoms with E-state index in [0.717, 1.165) is 45.7 Å². The van der Waals surface area contributed by atoms with Crippen LogP contribution in [0.4, 0.5) is 0 Å². The third kappa shape index (κ3) is 5.50. The van der Waals surface area contributed by atoms with E-state index in [4.69, 9.17) is 15.2 Å². The zero-order valence-electron chi connectivity index (χ0n) is 9.96. The van der Waals surface area contributed by atoms with Gasteiger partial charge in [-0.2, -0.15) is 0 Å². The number of hydrogen-bond donors (Lipinski definition) is 1. The Hall–Kier alpha value is -0.120. The maximum absolute atomic E-state index is 6.24. The summed E-state index contributed by atoms with van der Waals surface area (Å²) in [4.78, 5) is 0. The van der Waals surface area contributed by atoms with Crippen LogP contribution in [-0.2, 0) is 9.47 Å². The van der Waals surface area contributed by atoms with E-state index in [0.29, 0.717) is 0 Å². The van der Waals surface area contributed by atoms with Gasteiger partial charge in [0.15, 0.2) is 0 Å². The van der Waals surface area contributed by atoms with Crippen LogP contribution in [0, 0.1) is 0 Å². The number of hydrogen-bond acceptors (Lipinski definition) is 3. The Balaban J connectivity index is 1.98. The van der Waals surface area contributed by atoms with Crippen LogP contribution in [0.5, 0.6) is 0 Å². The summed E-state index contributed by atoms with van der Waals surface area (Å²) in [6, 6.07) is 0. The van der Waals surface area contributed by atoms with Crippen molar-refractivity contribution in [3.05, 3.63) is 0 Å². The lowest BCUT2D eigenvalue weighted by Crippen LogP contribution is -2.46. The van der Waals surface area contributed by atoms with Crippen LogP contribution < -0.4 is 5.73 Å². The highest BCUT2D eigenvalue weighted by molar-refractivity contribution is 4.86. The van der Waals surface area contributed by atoms with Gasteiger partial charge in [0.1, 0.15) is 0 Å². The first kappa shape index (κ1) is 12.9. The van der Waals surface area contributed by atoms with Gasteiger partial charge < -0.3 is 15.2 Å². The lowest BCUT2D eigenvalue weighted by Gasteiger charge is -2.33. The van der Waals surface area contributed by atoms with Crippen LogP contribution >= 0.6 is 0 Å². The molecule has 1 aliphatic rings. The van der Waals surface area contributed by atoms with Crippen LogP contribution in [-0.4, -0.2) is 32.0 Å². The van der Waals surface area contributed by atoms with Crippen LogP contribution in [0.25, 0.3) is 0 Å². The fourth-order valence-electron chi connectivity index (χ4n) is 2.08. The molecule has 3 nitrogen and oxygen atoms in total. The molecule has 1 aliphatic carbocycles. The van der Waals surface area contributed by atoms with E-state index in [2.05, 4.69) is 0 Å². The fourth-order valence-corrected chi connectivity index (χ4v) is 2.08. The average Bonchev–Trinajstić information content (AvgIpc) is 2.24. The molecule has 0 saturated heterocycles. The first-order valence-electron chi connectivity index (χ1n) is 6.21. The molecule has 0 atom stereocenters. The highest BCUT2D eigenvalue weighted by atomic mass is 16.5. The molecule has 0 amide bonds. The van der Waals surface area contributed by atoms with Gasteiger partial charge in [0.2, 0.25) is 0 Å². The molecule has 15 heavy (non-hydrogen) atoms. The Morgan fingerprint density at radius 2 is 1.73 bits per heavy atom. The molecule has 0 spiro atoms. The Morgan fingerprint density at radius 3 is 2.40 bits per heavy atom. The van der Waals surface area contributed by atoms with Gasteiger partial charge in [-0.15, -0.1) is 0 Å². The monoisotopic (exact) mass is 215 g/mol. The standard InChI is InChI=1S/C12H25NO2/c1-2-14-9-6-10-15-11-12(13)7-4-3-5-8-12/h2-11,13H2,1H3. The second-order valence-electron chi connectivity index (χ2n) is 4.53. The highest BCUT2D eigenvalue weighted by Gasteiger charge is 2.27. The molecular formula is C12H25NO2. The Kier molecular flexibility index (Phi) is 6.22. The maximum Gasteiger partial charge on any atom is 0.0646 e. The smallest absolute Gasteiger partial charge is 0.0646 e. The number of ether oxygens (including phenoxy) is 2. The van der Waals surface area contributed by atoms with Gasteiger partial charge in [0, 0.05) is 25.4 Å². The van der Waals surface area contributed by atoms with Gasteiger partial charge in [-0.1, -0.05) is 19.3 Å². The SMILES string of the molecule is CCOCCCOCC1(N)CCCCC1. The third-order valence-electron chi connectivity index (χ3n) is 3.02. The molecule has 0 aliphatic heterocycles. The second-order valence-corrected chi connectivity index (χ2v) is 4.53. The van der Waals surface area contributed by atoms with E-state index in [1.807, 2.05) is 6.92 Å². The summed E-state index contributed by atoms with van der Waals surface area (Å²) < 4.78 is 10.9. The predicted octanol–water partition coefficient (Wildman–Crippen LogP) is 2.09. The van der Waals surface area contributed by atoms with Crippen molar-refractivity contribution in [2.75, 3.05) is 26.4 Å². The fraction of sp³-hybridized carbons (Fsp3) is 1.00. The Bertz CT molecular complexity index is 156. The van der Waals surface area contributed by atoms with Crippen molar-refractivity contribution in [1.29, 1.82) is 0 Å². The van der Waals surface area contributed by atoms with E-state index in [-0.39, 0.29) is 5.54 Å². The van der Waals surface area contributed by atoms with Gasteiger partial charge in [-0.3, -0.25) is 0 Å². The minimum atomic E-state index is -0.0378. The summed E-state index contributed by atoms with van der Waals surface area (Å²) in [7, 11) is 0. The summed E-state index contributed by atoms with van der Waals surface area (Å²) in [5.41, 5.74) is 6.21. The topological polar surface area (TPSA) is 44.5 Å². The van der Waals surface area contributed by atoms with Gasteiger partial charge in [0.05, 0.1) is 6.61 Å². The Labute approximate surface area is 93.3 Å². The third-order valence-corrected chi connectivity index (χ3v) is 3.02. The number of nitrogens with two attached hydrogens (primary N) is 1. The molecule has 1 saturated carbocycles. The average molecular weight is 215 g/mol. The summed E-state index contributed by atoms with van der Waals surface area (Å²) in [6.07, 6.45) is 7.09. The first-order chi connectivity index (χ1) is 7.27. The van der Waals surface area contributed by atoms with Crippen molar-refractivity contribution in [3.63, 3.8) is 0 Å². The lowest BCUT2D eigenvalue weighted by atomic mass is 9.83. The highest BCUT2D eigenvalue weighted by Crippen LogP contribution is 2.25. The van der Waals surface area contributed by atoms with Crippen molar-refractivity contribution >= 4 is 0 Å². The molecule has 90 valence electrons. The van der Waals surface area contributed by atoms with Crippen LogP contribution in [0.2, 0.25) is 0 Å². The van der Waals surface area contributed by atoms with Gasteiger partial charge >= 0.3 is 0 Å². The van der Waals surface area contributed by atoms with Crippen LogP contribution in [0.15, 0.2) is 0 Å². The molecule has 1 fully saturated rings. The van der Waals surface area contributed by atoms with Crippen molar-refractivity contribution in [3.8, 4) is 0 Å². The first-order valence-corrected chi connectivity index (χ1v) is 6.21. The second kappa shape index (κ2) is 7.20. The molecule has 0 unspecified atom stereocenters. The van der Waals surface area contributed by atoms with E-state index in [1.54, 1.807) is 0 Å². The number of rotatable bonds is 7. The van der Waals surface area contributed by atoms with E-state index < -0.39 is 0 Å². The van der Waals surface area contributed by atoms with E-state index in [9.17, 15) is 0 Å². The molecule has 0 radical (unpaired) electrons. The molecule has 1 rings (SSSR count). The van der Waals surface area contributed by atoms with Crippen molar-refractivity contribution in [2.45, 2.75) is 51.0 Å². The lowest BCUT2D eigenvalue weighted by molar-refractivity contribution is 0.0491. The van der Waals surface area contributed by atoms with E-state index in [1.165, 1.54) is 19.3 Å². The molecule has 2 N–H and O–H groups in total. The van der Waals surface area contributed by atoms with Crippen molar-refractivity contribution < 1.29 is 9.47 Å². The van der Waals surface area contributed by atoms with Crippen LogP contribution in [0.1, 0.15) is 45.4 Å². The normalized spacial score (nSPS) is 20.4. The maximum atomic E-state index is 6.24. The summed E-state index contributed by atoms with van der Waals surface area (Å²) in [5, 5.41) is 0. The van der Waals surface area contributed by atoms with E-state index >= 15 is 0 Å². The Morgan fingerprint density at radius 1 is 1.07 bits per heavy atom. The quantitative estimate of drug-likeness (QED) is 0.661. The van der Waals surface area contributed by atoms with Crippen LogP contribution in [0.3, 0.4) is 0 Å². The molecule has 0 bridgehead atoms. The summed E-state index contributed by atoms with van der Waals surface area (Å²) >= 11 is 0. The molecule has 0 heterocycles. The predicted molar refractivity (Wildman–Crippen MR) is 61.9 cm³/mol. The van der Waals surface area contributed by atoms with Gasteiger partial charge in [-0.05, 0) is 26.2 Å². The van der Waals surface area contributed by atoms with Gasteiger partial charge in [0.25, 0.3) is 0 Å². The molecule has 0 aromatic heterocycles. The molecule has 0 aromatic rings. The molecule has 3 heteroatoms. The summed E-state index contributed by atoms with van der Waals surface area (Å²) in [6.45, 7) is 5.10. The largest absolute Gasteiger partial charge is 0.382 e.